The van der Waals surface area contributed by atoms with E-state index in [1.165, 1.54) is 18.5 Å². The molecule has 0 fully saturated rings. The summed E-state index contributed by atoms with van der Waals surface area (Å²) in [6.45, 7) is 1.78. The molecule has 0 bridgehead atoms. The zero-order valence-corrected chi connectivity index (χ0v) is 21.4. The van der Waals surface area contributed by atoms with Gasteiger partial charge in [-0.2, -0.15) is 13.2 Å². The normalized spacial score (nSPS) is 15.9. The number of ketones is 1. The fraction of sp³-hybridized carbons (Fsp3) is 0.207. The van der Waals surface area contributed by atoms with Crippen molar-refractivity contribution in [3.63, 3.8) is 0 Å². The Labute approximate surface area is 227 Å². The number of pyridine rings is 3. The zero-order chi connectivity index (χ0) is 27.6. The number of oxime groups is 1. The molecular weight excluding hydrogens is 529 g/mol. The summed E-state index contributed by atoms with van der Waals surface area (Å²) >= 11 is 6.01. The Morgan fingerprint density at radius 3 is 2.51 bits per heavy atom. The first kappa shape index (κ1) is 26.5. The molecule has 1 aromatic carbocycles. The smallest absolute Gasteiger partial charge is 0.385 e. The van der Waals surface area contributed by atoms with Crippen molar-refractivity contribution in [1.82, 2.24) is 15.0 Å². The van der Waals surface area contributed by atoms with Crippen molar-refractivity contribution in [2.45, 2.75) is 38.0 Å². The van der Waals surface area contributed by atoms with Crippen molar-refractivity contribution in [2.24, 2.45) is 5.16 Å². The highest BCUT2D eigenvalue weighted by molar-refractivity contribution is 6.30. The number of aromatic nitrogens is 3. The zero-order valence-electron chi connectivity index (χ0n) is 20.7. The predicted molar refractivity (Wildman–Crippen MR) is 141 cm³/mol. The molecule has 4 heterocycles. The number of benzene rings is 1. The van der Waals surface area contributed by atoms with Gasteiger partial charge >= 0.3 is 6.18 Å². The van der Waals surface area contributed by atoms with Crippen LogP contribution in [0.4, 0.5) is 13.2 Å². The SMILES string of the molecule is C[C@@H](CC(=O)c1cc(C2=NOC(c3ccccn3)C2)cc(-c2ccc(Cl)cn2)c1)c1ccc(C(F)(F)F)nc1. The molecule has 0 N–H and O–H groups in total. The van der Waals surface area contributed by atoms with Crippen molar-refractivity contribution < 1.29 is 22.8 Å². The largest absolute Gasteiger partial charge is 0.433 e. The van der Waals surface area contributed by atoms with Gasteiger partial charge in [0, 0.05) is 48.1 Å². The van der Waals surface area contributed by atoms with Crippen LogP contribution < -0.4 is 0 Å². The highest BCUT2D eigenvalue weighted by Crippen LogP contribution is 2.32. The van der Waals surface area contributed by atoms with Gasteiger partial charge in [-0.25, -0.2) is 0 Å². The van der Waals surface area contributed by atoms with E-state index >= 15 is 0 Å². The monoisotopic (exact) mass is 550 g/mol. The Kier molecular flexibility index (Phi) is 7.43. The molecule has 0 saturated heterocycles. The van der Waals surface area contributed by atoms with E-state index in [1.807, 2.05) is 24.3 Å². The maximum atomic E-state index is 13.4. The first-order valence-corrected chi connectivity index (χ1v) is 12.5. The third-order valence-electron chi connectivity index (χ3n) is 6.44. The third-order valence-corrected chi connectivity index (χ3v) is 6.66. The van der Waals surface area contributed by atoms with Crippen LogP contribution >= 0.6 is 11.6 Å². The predicted octanol–water partition coefficient (Wildman–Crippen LogP) is 7.45. The molecule has 0 spiro atoms. The van der Waals surface area contributed by atoms with Gasteiger partial charge in [-0.05, 0) is 60.0 Å². The molecule has 1 unspecified atom stereocenters. The standard InChI is InChI=1S/C29H22ClF3N4O2/c1-17(18-5-8-28(36-15-18)29(31,32)33)10-26(38)21-12-19(23-7-6-22(30)16-35-23)11-20(13-21)25-14-27(39-37-25)24-4-2-3-9-34-24/h2-9,11-13,15-17,27H,10,14H2,1H3/t17-,27?/m0/s1. The van der Waals surface area contributed by atoms with Crippen LogP contribution in [0.25, 0.3) is 11.3 Å². The average molecular weight is 551 g/mol. The summed E-state index contributed by atoms with van der Waals surface area (Å²) in [6.07, 6.45) is 0.0600. The van der Waals surface area contributed by atoms with Crippen molar-refractivity contribution in [2.75, 3.05) is 0 Å². The van der Waals surface area contributed by atoms with E-state index in [0.29, 0.717) is 45.1 Å². The summed E-state index contributed by atoms with van der Waals surface area (Å²) < 4.78 is 38.7. The molecule has 6 nitrogen and oxygen atoms in total. The van der Waals surface area contributed by atoms with Crippen molar-refractivity contribution in [3.05, 3.63) is 112 Å². The summed E-state index contributed by atoms with van der Waals surface area (Å²) in [4.78, 5) is 31.3. The Hall–Kier alpha value is -4.11. The highest BCUT2D eigenvalue weighted by Gasteiger charge is 2.32. The number of Topliss-reactive ketones (excluding diaryl/α,β-unsaturated/α-hetero) is 1. The topological polar surface area (TPSA) is 77.3 Å². The average Bonchev–Trinajstić information content (AvgIpc) is 3.44. The first-order valence-electron chi connectivity index (χ1n) is 12.1. The molecule has 0 aliphatic carbocycles. The highest BCUT2D eigenvalue weighted by atomic mass is 35.5. The Morgan fingerprint density at radius 1 is 1.03 bits per heavy atom. The second kappa shape index (κ2) is 10.9. The van der Waals surface area contributed by atoms with Gasteiger partial charge in [-0.15, -0.1) is 0 Å². The van der Waals surface area contributed by atoms with E-state index in [9.17, 15) is 18.0 Å². The minimum atomic E-state index is -4.52. The minimum Gasteiger partial charge on any atom is -0.385 e. The Morgan fingerprint density at radius 2 is 1.85 bits per heavy atom. The number of rotatable bonds is 7. The summed E-state index contributed by atoms with van der Waals surface area (Å²) in [7, 11) is 0. The molecule has 10 heteroatoms. The van der Waals surface area contributed by atoms with E-state index in [4.69, 9.17) is 16.4 Å². The van der Waals surface area contributed by atoms with Crippen LogP contribution in [0.2, 0.25) is 5.02 Å². The quantitative estimate of drug-likeness (QED) is 0.223. The van der Waals surface area contributed by atoms with E-state index in [2.05, 4.69) is 20.1 Å². The van der Waals surface area contributed by atoms with E-state index < -0.39 is 11.9 Å². The fourth-order valence-corrected chi connectivity index (χ4v) is 4.41. The summed E-state index contributed by atoms with van der Waals surface area (Å²) in [5.74, 6) is -0.533. The van der Waals surface area contributed by atoms with Crippen LogP contribution in [0, 0.1) is 0 Å². The number of alkyl halides is 3. The van der Waals surface area contributed by atoms with Gasteiger partial charge in [0.15, 0.2) is 11.9 Å². The fourth-order valence-electron chi connectivity index (χ4n) is 4.30. The van der Waals surface area contributed by atoms with E-state index in [-0.39, 0.29) is 24.2 Å². The number of carbonyl (C=O) groups excluding carboxylic acids is 1. The third kappa shape index (κ3) is 6.15. The van der Waals surface area contributed by atoms with Gasteiger partial charge in [0.2, 0.25) is 0 Å². The van der Waals surface area contributed by atoms with E-state index in [0.717, 1.165) is 11.8 Å². The number of carbonyl (C=O) groups is 1. The van der Waals surface area contributed by atoms with Crippen LogP contribution in [0.3, 0.4) is 0 Å². The second-order valence-corrected chi connectivity index (χ2v) is 9.69. The minimum absolute atomic E-state index is 0.0729. The van der Waals surface area contributed by atoms with Crippen LogP contribution in [0.5, 0.6) is 0 Å². The van der Waals surface area contributed by atoms with Crippen LogP contribution in [-0.2, 0) is 11.0 Å². The van der Waals surface area contributed by atoms with Gasteiger partial charge in [0.05, 0.1) is 22.1 Å². The lowest BCUT2D eigenvalue weighted by Gasteiger charge is -2.14. The van der Waals surface area contributed by atoms with E-state index in [1.54, 1.807) is 37.4 Å². The molecule has 0 amide bonds. The van der Waals surface area contributed by atoms with Crippen LogP contribution in [0.1, 0.15) is 64.7 Å². The molecule has 4 aromatic rings. The maximum absolute atomic E-state index is 13.4. The first-order chi connectivity index (χ1) is 18.7. The molecule has 0 radical (unpaired) electrons. The molecule has 1 aliphatic heterocycles. The molecule has 2 atom stereocenters. The lowest BCUT2D eigenvalue weighted by atomic mass is 9.91. The van der Waals surface area contributed by atoms with Crippen LogP contribution in [0.15, 0.2) is 84.4 Å². The molecule has 1 aliphatic rings. The Bertz CT molecular complexity index is 1510. The summed E-state index contributed by atoms with van der Waals surface area (Å²) in [6, 6.07) is 16.7. The van der Waals surface area contributed by atoms with Crippen molar-refractivity contribution in [3.8, 4) is 11.3 Å². The molecule has 3 aromatic heterocycles. The number of hydrogen-bond donors (Lipinski definition) is 0. The molecule has 198 valence electrons. The van der Waals surface area contributed by atoms with Gasteiger partial charge in [0.25, 0.3) is 0 Å². The van der Waals surface area contributed by atoms with Crippen molar-refractivity contribution in [1.29, 1.82) is 0 Å². The summed E-state index contributed by atoms with van der Waals surface area (Å²) in [5, 5.41) is 4.76. The van der Waals surface area contributed by atoms with Gasteiger partial charge < -0.3 is 4.84 Å². The lowest BCUT2D eigenvalue weighted by molar-refractivity contribution is -0.141. The van der Waals surface area contributed by atoms with Gasteiger partial charge in [-0.1, -0.05) is 35.8 Å². The van der Waals surface area contributed by atoms with Crippen LogP contribution in [-0.4, -0.2) is 26.4 Å². The van der Waals surface area contributed by atoms with Gasteiger partial charge in [0.1, 0.15) is 5.69 Å². The summed E-state index contributed by atoms with van der Waals surface area (Å²) in [5.41, 5.74) is 3.43. The number of hydrogen-bond acceptors (Lipinski definition) is 6. The second-order valence-electron chi connectivity index (χ2n) is 9.25. The van der Waals surface area contributed by atoms with Crippen molar-refractivity contribution >= 4 is 23.1 Å². The molecular formula is C29H22ClF3N4O2. The molecule has 5 rings (SSSR count). The number of halogens is 4. The Balaban J connectivity index is 1.42. The maximum Gasteiger partial charge on any atom is 0.433 e. The molecule has 39 heavy (non-hydrogen) atoms. The molecule has 0 saturated carbocycles. The number of nitrogens with zero attached hydrogens (tertiary/aromatic N) is 4. The lowest BCUT2D eigenvalue weighted by Crippen LogP contribution is -2.10. The van der Waals surface area contributed by atoms with Gasteiger partial charge in [-0.3, -0.25) is 19.7 Å².